The maximum absolute atomic E-state index is 6.23. The van der Waals surface area contributed by atoms with E-state index in [0.29, 0.717) is 42.3 Å². The highest BCUT2D eigenvalue weighted by Gasteiger charge is 2.27. The van der Waals surface area contributed by atoms with E-state index < -0.39 is 0 Å². The van der Waals surface area contributed by atoms with Crippen molar-refractivity contribution in [2.45, 2.75) is 57.7 Å². The van der Waals surface area contributed by atoms with Gasteiger partial charge in [0.2, 0.25) is 5.95 Å². The number of rotatable bonds is 2. The minimum Gasteiger partial charge on any atom is -0.475 e. The third kappa shape index (κ3) is 3.32. The fourth-order valence-electron chi connectivity index (χ4n) is 4.25. The van der Waals surface area contributed by atoms with Gasteiger partial charge in [0, 0.05) is 26.3 Å². The minimum absolute atomic E-state index is 0.343. The maximum atomic E-state index is 6.23. The molecule has 3 aromatic rings. The molecule has 0 saturated heterocycles. The molecule has 1 aliphatic heterocycles. The van der Waals surface area contributed by atoms with Gasteiger partial charge in [0.05, 0.1) is 29.8 Å². The Morgan fingerprint density at radius 3 is 2.86 bits per heavy atom. The average molecular weight is 418 g/mol. The second-order valence-electron chi connectivity index (χ2n) is 7.65. The third-order valence-electron chi connectivity index (χ3n) is 5.87. The molecule has 4 heterocycles. The Morgan fingerprint density at radius 2 is 2.07 bits per heavy atom. The van der Waals surface area contributed by atoms with Crippen molar-refractivity contribution in [2.24, 2.45) is 0 Å². The van der Waals surface area contributed by atoms with Crippen LogP contribution in [0.5, 0.6) is 5.88 Å². The topological polar surface area (TPSA) is 91.9 Å². The van der Waals surface area contributed by atoms with Crippen molar-refractivity contribution < 1.29 is 9.47 Å². The fraction of sp³-hybridized carbons (Fsp3) is 0.579. The summed E-state index contributed by atoms with van der Waals surface area (Å²) in [4.78, 5) is 9.07. The highest BCUT2D eigenvalue weighted by Crippen LogP contribution is 2.37. The van der Waals surface area contributed by atoms with Gasteiger partial charge < -0.3 is 14.8 Å². The van der Waals surface area contributed by atoms with Crippen LogP contribution in [0.2, 0.25) is 5.15 Å². The molecule has 2 bridgehead atoms. The number of aromatic nitrogens is 6. The smallest absolute Gasteiger partial charge is 0.257 e. The van der Waals surface area contributed by atoms with Crippen molar-refractivity contribution in [2.75, 3.05) is 19.0 Å². The average Bonchev–Trinajstić information content (AvgIpc) is 3.21. The number of hydrogen-bond donors (Lipinski definition) is 1. The van der Waals surface area contributed by atoms with Crippen molar-refractivity contribution in [1.82, 2.24) is 29.5 Å². The van der Waals surface area contributed by atoms with E-state index in [2.05, 4.69) is 32.0 Å². The highest BCUT2D eigenvalue weighted by atomic mass is 35.5. The largest absolute Gasteiger partial charge is 0.475 e. The molecule has 1 saturated carbocycles. The van der Waals surface area contributed by atoms with Crippen LogP contribution in [0.25, 0.3) is 11.0 Å². The zero-order valence-corrected chi connectivity index (χ0v) is 17.3. The Balaban J connectivity index is 1.51. The number of nitrogens with one attached hydrogen (secondary N) is 1. The van der Waals surface area contributed by atoms with Crippen LogP contribution < -0.4 is 10.1 Å². The molecule has 154 valence electrons. The van der Waals surface area contributed by atoms with Gasteiger partial charge in [-0.1, -0.05) is 11.6 Å². The van der Waals surface area contributed by atoms with E-state index in [4.69, 9.17) is 26.2 Å². The van der Waals surface area contributed by atoms with Crippen LogP contribution in [0.15, 0.2) is 6.20 Å². The molecule has 0 atom stereocenters. The van der Waals surface area contributed by atoms with Crippen molar-refractivity contribution in [1.29, 1.82) is 0 Å². The van der Waals surface area contributed by atoms with Crippen LogP contribution in [0.3, 0.4) is 0 Å². The van der Waals surface area contributed by atoms with Gasteiger partial charge in [-0.3, -0.25) is 4.68 Å². The van der Waals surface area contributed by atoms with Gasteiger partial charge in [-0.25, -0.2) is 9.67 Å². The number of hydrogen-bond acceptors (Lipinski definition) is 7. The molecule has 10 heteroatoms. The highest BCUT2D eigenvalue weighted by molar-refractivity contribution is 6.34. The summed E-state index contributed by atoms with van der Waals surface area (Å²) in [6.45, 7) is 3.25. The summed E-state index contributed by atoms with van der Waals surface area (Å²) >= 11 is 6.23. The Morgan fingerprint density at radius 1 is 1.24 bits per heavy atom. The molecule has 0 aromatic carbocycles. The number of nitrogens with zero attached hydrogens (tertiary/aromatic N) is 6. The molecule has 1 fully saturated rings. The molecule has 0 spiro atoms. The first-order valence-electron chi connectivity index (χ1n) is 10.0. The van der Waals surface area contributed by atoms with E-state index in [1.807, 2.05) is 0 Å². The second-order valence-corrected chi connectivity index (χ2v) is 8.01. The van der Waals surface area contributed by atoms with E-state index >= 15 is 0 Å². The summed E-state index contributed by atoms with van der Waals surface area (Å²) in [5.41, 5.74) is 2.56. The number of anilines is 2. The first kappa shape index (κ1) is 18.6. The minimum atomic E-state index is 0.343. The Kier molecular flexibility index (Phi) is 4.79. The third-order valence-corrected chi connectivity index (χ3v) is 6.15. The van der Waals surface area contributed by atoms with E-state index in [-0.39, 0.29) is 0 Å². The van der Waals surface area contributed by atoms with Crippen molar-refractivity contribution in [3.05, 3.63) is 17.0 Å². The van der Waals surface area contributed by atoms with E-state index in [9.17, 15) is 0 Å². The molecule has 9 nitrogen and oxygen atoms in total. The number of ether oxygens (including phenoxy) is 2. The monoisotopic (exact) mass is 417 g/mol. The molecule has 3 aromatic heterocycles. The zero-order chi connectivity index (χ0) is 20.0. The normalized spacial score (nSPS) is 22.0. The molecule has 0 unspecified atom stereocenters. The van der Waals surface area contributed by atoms with Crippen molar-refractivity contribution >= 4 is 34.3 Å². The Bertz CT molecular complexity index is 1040. The quantitative estimate of drug-likeness (QED) is 0.680. The van der Waals surface area contributed by atoms with Gasteiger partial charge in [0.25, 0.3) is 5.88 Å². The Labute approximate surface area is 173 Å². The first-order chi connectivity index (χ1) is 14.1. The van der Waals surface area contributed by atoms with Gasteiger partial charge in [-0.05, 0) is 32.6 Å². The lowest BCUT2D eigenvalue weighted by Gasteiger charge is -2.28. The molecule has 2 aliphatic rings. The van der Waals surface area contributed by atoms with Crippen LogP contribution in [0, 0.1) is 6.92 Å². The number of halogens is 1. The number of fused-ring (bicyclic) bond motifs is 2. The number of aryl methyl sites for hydroxylation is 1. The Hall–Kier alpha value is -2.39. The van der Waals surface area contributed by atoms with E-state index in [1.54, 1.807) is 18.0 Å². The van der Waals surface area contributed by atoms with Crippen molar-refractivity contribution in [3.63, 3.8) is 0 Å². The lowest BCUT2D eigenvalue weighted by Crippen LogP contribution is -2.24. The molecule has 0 radical (unpaired) electrons. The van der Waals surface area contributed by atoms with Crippen LogP contribution in [0.4, 0.5) is 11.6 Å². The first-order valence-corrected chi connectivity index (χ1v) is 10.4. The molecule has 1 aliphatic carbocycles. The summed E-state index contributed by atoms with van der Waals surface area (Å²) in [6, 6.07) is 0.343. The number of methoxy groups -OCH3 is 1. The summed E-state index contributed by atoms with van der Waals surface area (Å²) in [6.07, 6.45) is 7.01. The van der Waals surface area contributed by atoms with Crippen LogP contribution in [-0.4, -0.2) is 49.3 Å². The van der Waals surface area contributed by atoms with Gasteiger partial charge in [-0.15, -0.1) is 5.10 Å². The van der Waals surface area contributed by atoms with Crippen molar-refractivity contribution in [3.8, 4) is 5.88 Å². The molecular weight excluding hydrogens is 394 g/mol. The lowest BCUT2D eigenvalue weighted by molar-refractivity contribution is 0.0563. The predicted octanol–water partition coefficient (Wildman–Crippen LogP) is 3.64. The van der Waals surface area contributed by atoms with Gasteiger partial charge in [-0.2, -0.15) is 10.1 Å². The lowest BCUT2D eigenvalue weighted by atomic mass is 9.93. The molecule has 29 heavy (non-hydrogen) atoms. The summed E-state index contributed by atoms with van der Waals surface area (Å²) in [5, 5.41) is 13.7. The van der Waals surface area contributed by atoms with Crippen LogP contribution in [-0.2, 0) is 11.3 Å². The van der Waals surface area contributed by atoms with Gasteiger partial charge in [0.15, 0.2) is 10.8 Å². The van der Waals surface area contributed by atoms with E-state index in [0.717, 1.165) is 54.5 Å². The summed E-state index contributed by atoms with van der Waals surface area (Å²) < 4.78 is 15.5. The molecule has 5 rings (SSSR count). The van der Waals surface area contributed by atoms with Gasteiger partial charge >= 0.3 is 0 Å². The fourth-order valence-corrected chi connectivity index (χ4v) is 4.48. The molecular formula is C19H24ClN7O2. The molecule has 1 N–H and O–H groups in total. The zero-order valence-electron chi connectivity index (χ0n) is 16.6. The summed E-state index contributed by atoms with van der Waals surface area (Å²) in [5.74, 6) is 1.07. The molecule has 0 amide bonds. The van der Waals surface area contributed by atoms with Gasteiger partial charge in [0.1, 0.15) is 5.69 Å². The summed E-state index contributed by atoms with van der Waals surface area (Å²) in [7, 11) is 1.79. The van der Waals surface area contributed by atoms with Crippen LogP contribution >= 0.6 is 11.6 Å². The SMILES string of the molecule is COC1CCC(n2nc3c(c2C)Nc2ncc4c(Cl)nn(c4n2)CCCO3)CC1. The maximum Gasteiger partial charge on any atom is 0.257 e. The van der Waals surface area contributed by atoms with E-state index in [1.165, 1.54) is 0 Å². The van der Waals surface area contributed by atoms with Crippen LogP contribution in [0.1, 0.15) is 43.8 Å². The predicted molar refractivity (Wildman–Crippen MR) is 109 cm³/mol. The second kappa shape index (κ2) is 7.46. The standard InChI is InChI=1S/C19H24ClN7O2/c1-11-15-18(25-27(11)12-4-6-13(28-2)7-5-12)29-9-3-8-26-17-14(16(20)24-26)10-21-19(22-15)23-17/h10,12-13H,3-9H2,1-2H3,(H,21,22,23).